The number of nitro benzene ring substituents is 1. The number of benzene rings is 3. The Morgan fingerprint density at radius 3 is 2.21 bits per heavy atom. The van der Waals surface area contributed by atoms with E-state index < -0.39 is 37.1 Å². The Balaban J connectivity index is 2.07. The van der Waals surface area contributed by atoms with Crippen molar-refractivity contribution in [2.24, 2.45) is 0 Å². The van der Waals surface area contributed by atoms with Gasteiger partial charge in [0.05, 0.1) is 15.4 Å². The van der Waals surface area contributed by atoms with Crippen molar-refractivity contribution >= 4 is 33.2 Å². The van der Waals surface area contributed by atoms with Crippen LogP contribution in [0.5, 0.6) is 11.5 Å². The van der Waals surface area contributed by atoms with Crippen LogP contribution in [-0.2, 0) is 16.0 Å². The van der Waals surface area contributed by atoms with Gasteiger partial charge in [0.25, 0.3) is 5.69 Å². The summed E-state index contributed by atoms with van der Waals surface area (Å²) in [4.78, 5) is 9.49. The van der Waals surface area contributed by atoms with Crippen LogP contribution in [0.25, 0.3) is 6.08 Å². The molecule has 0 heterocycles. The van der Waals surface area contributed by atoms with Crippen molar-refractivity contribution in [2.45, 2.75) is 11.1 Å². The zero-order chi connectivity index (χ0) is 25.1. The maximum absolute atomic E-state index is 12.9. The van der Waals surface area contributed by atoms with Gasteiger partial charge in [-0.25, -0.2) is 8.42 Å². The first-order valence-electron chi connectivity index (χ1n) is 9.18. The van der Waals surface area contributed by atoms with E-state index in [-0.39, 0.29) is 27.0 Å². The first kappa shape index (κ1) is 24.8. The van der Waals surface area contributed by atoms with Crippen LogP contribution >= 0.6 is 11.6 Å². The number of hydrogen-bond donors (Lipinski definition) is 0. The molecule has 0 spiro atoms. The molecule has 0 aliphatic heterocycles. The van der Waals surface area contributed by atoms with Crippen molar-refractivity contribution in [2.75, 3.05) is 0 Å². The fourth-order valence-corrected chi connectivity index (χ4v) is 4.02. The van der Waals surface area contributed by atoms with Crippen LogP contribution in [0.4, 0.5) is 18.9 Å². The van der Waals surface area contributed by atoms with Crippen molar-refractivity contribution in [1.82, 2.24) is 0 Å². The summed E-state index contributed by atoms with van der Waals surface area (Å²) in [7, 11) is -4.32. The minimum atomic E-state index is -4.56. The number of sulfone groups is 1. The van der Waals surface area contributed by atoms with Crippen LogP contribution in [0.2, 0.25) is 5.02 Å². The Labute approximate surface area is 196 Å². The zero-order valence-corrected chi connectivity index (χ0v) is 18.4. The Morgan fingerprint density at radius 2 is 1.68 bits per heavy atom. The van der Waals surface area contributed by atoms with Crippen LogP contribution in [0, 0.1) is 21.4 Å². The fraction of sp³-hybridized carbons (Fsp3) is 0.0455. The molecule has 0 N–H and O–H groups in total. The second kappa shape index (κ2) is 9.54. The molecule has 0 aliphatic carbocycles. The molecule has 12 heteroatoms. The lowest BCUT2D eigenvalue weighted by Gasteiger charge is -2.11. The fourth-order valence-electron chi connectivity index (χ4n) is 2.75. The average Bonchev–Trinajstić information content (AvgIpc) is 2.78. The van der Waals surface area contributed by atoms with E-state index in [1.807, 2.05) is 0 Å². The molecule has 3 aromatic rings. The van der Waals surface area contributed by atoms with E-state index >= 15 is 0 Å². The summed E-state index contributed by atoms with van der Waals surface area (Å²) in [5, 5.41) is 21.0. The van der Waals surface area contributed by atoms with E-state index in [0.29, 0.717) is 0 Å². The molecule has 7 nitrogen and oxygen atoms in total. The molecule has 0 aliphatic rings. The molecule has 3 aromatic carbocycles. The van der Waals surface area contributed by atoms with Gasteiger partial charge in [-0.05, 0) is 60.7 Å². The van der Waals surface area contributed by atoms with E-state index in [2.05, 4.69) is 0 Å². The summed E-state index contributed by atoms with van der Waals surface area (Å²) < 4.78 is 69.6. The van der Waals surface area contributed by atoms with Gasteiger partial charge in [0.1, 0.15) is 22.5 Å². The second-order valence-electron chi connectivity index (χ2n) is 6.68. The number of hydrogen-bond acceptors (Lipinski definition) is 6. The standard InChI is InChI=1S/C22H12ClF3N2O5S/c23-16-3-8-19(9-4-16)34(31,32)20(13-27)12-14-11-17(28(29)30)5-10-21(14)33-18-6-1-15(2-7-18)22(24,25)26/h1-12H. The quantitative estimate of drug-likeness (QED) is 0.216. The summed E-state index contributed by atoms with van der Waals surface area (Å²) in [6.45, 7) is 0. The number of ether oxygens (including phenoxy) is 1. The number of nitrogens with zero attached hydrogens (tertiary/aromatic N) is 2. The molecular formula is C22H12ClF3N2O5S. The predicted molar refractivity (Wildman–Crippen MR) is 117 cm³/mol. The SMILES string of the molecule is N#CC(=Cc1cc([N+](=O)[O-])ccc1Oc1ccc(C(F)(F)F)cc1)S(=O)(=O)c1ccc(Cl)cc1. The largest absolute Gasteiger partial charge is 0.457 e. The summed E-state index contributed by atoms with van der Waals surface area (Å²) in [6.07, 6.45) is -3.67. The number of allylic oxidation sites excluding steroid dienone is 1. The summed E-state index contributed by atoms with van der Waals surface area (Å²) in [5.41, 5.74) is -1.49. The molecule has 0 saturated heterocycles. The number of rotatable bonds is 6. The highest BCUT2D eigenvalue weighted by atomic mass is 35.5. The Morgan fingerprint density at radius 1 is 1.06 bits per heavy atom. The number of alkyl halides is 3. The van der Waals surface area contributed by atoms with Crippen LogP contribution in [0.3, 0.4) is 0 Å². The normalized spacial score (nSPS) is 12.1. The minimum absolute atomic E-state index is 0.0458. The van der Waals surface area contributed by atoms with E-state index in [0.717, 1.165) is 48.5 Å². The topological polar surface area (TPSA) is 110 Å². The van der Waals surface area contributed by atoms with Crippen LogP contribution in [0.15, 0.2) is 76.5 Å². The molecule has 174 valence electrons. The van der Waals surface area contributed by atoms with Crippen LogP contribution < -0.4 is 4.74 Å². The van der Waals surface area contributed by atoms with Gasteiger partial charge in [-0.3, -0.25) is 10.1 Å². The molecule has 0 saturated carbocycles. The second-order valence-corrected chi connectivity index (χ2v) is 9.04. The van der Waals surface area contributed by atoms with Gasteiger partial charge in [-0.1, -0.05) is 11.6 Å². The molecule has 0 radical (unpaired) electrons. The van der Waals surface area contributed by atoms with E-state index in [9.17, 15) is 37.0 Å². The third kappa shape index (κ3) is 5.54. The Hall–Kier alpha value is -3.88. The van der Waals surface area contributed by atoms with Gasteiger partial charge < -0.3 is 4.74 Å². The smallest absolute Gasteiger partial charge is 0.416 e. The first-order chi connectivity index (χ1) is 15.9. The van der Waals surface area contributed by atoms with Gasteiger partial charge in [0.15, 0.2) is 0 Å². The Kier molecular flexibility index (Phi) is 6.95. The summed E-state index contributed by atoms with van der Waals surface area (Å²) >= 11 is 5.77. The predicted octanol–water partition coefficient (Wildman–Crippen LogP) is 6.40. The first-order valence-corrected chi connectivity index (χ1v) is 11.0. The lowest BCUT2D eigenvalue weighted by atomic mass is 10.1. The van der Waals surface area contributed by atoms with Crippen molar-refractivity contribution in [1.29, 1.82) is 5.26 Å². The third-order valence-electron chi connectivity index (χ3n) is 4.42. The molecule has 34 heavy (non-hydrogen) atoms. The number of nitriles is 1. The molecule has 0 aromatic heterocycles. The van der Waals surface area contributed by atoms with Gasteiger partial charge in [-0.15, -0.1) is 0 Å². The highest BCUT2D eigenvalue weighted by molar-refractivity contribution is 7.95. The van der Waals surface area contributed by atoms with Crippen molar-refractivity contribution in [3.63, 3.8) is 0 Å². The van der Waals surface area contributed by atoms with Crippen molar-refractivity contribution in [3.8, 4) is 17.6 Å². The van der Waals surface area contributed by atoms with Crippen LogP contribution in [0.1, 0.15) is 11.1 Å². The highest BCUT2D eigenvalue weighted by Gasteiger charge is 2.30. The molecule has 0 amide bonds. The lowest BCUT2D eigenvalue weighted by Crippen LogP contribution is -2.04. The zero-order valence-electron chi connectivity index (χ0n) is 16.8. The van der Waals surface area contributed by atoms with E-state index in [4.69, 9.17) is 16.3 Å². The number of nitro groups is 1. The van der Waals surface area contributed by atoms with Gasteiger partial charge >= 0.3 is 6.18 Å². The van der Waals surface area contributed by atoms with Crippen LogP contribution in [-0.4, -0.2) is 13.3 Å². The molecular weight excluding hydrogens is 497 g/mol. The third-order valence-corrected chi connectivity index (χ3v) is 6.36. The average molecular weight is 509 g/mol. The van der Waals surface area contributed by atoms with E-state index in [1.54, 1.807) is 6.07 Å². The number of halogens is 4. The summed E-state index contributed by atoms with van der Waals surface area (Å²) in [6, 6.07) is 13.4. The highest BCUT2D eigenvalue weighted by Crippen LogP contribution is 2.34. The summed E-state index contributed by atoms with van der Waals surface area (Å²) in [5.74, 6) is -0.167. The van der Waals surface area contributed by atoms with E-state index in [1.165, 1.54) is 24.3 Å². The maximum Gasteiger partial charge on any atom is 0.416 e. The Bertz CT molecular complexity index is 1410. The maximum atomic E-state index is 12.9. The van der Waals surface area contributed by atoms with Crippen molar-refractivity contribution in [3.05, 3.63) is 97.9 Å². The van der Waals surface area contributed by atoms with Crippen molar-refractivity contribution < 1.29 is 31.2 Å². The molecule has 3 rings (SSSR count). The molecule has 0 fully saturated rings. The van der Waals surface area contributed by atoms with Gasteiger partial charge in [-0.2, -0.15) is 18.4 Å². The molecule has 0 bridgehead atoms. The van der Waals surface area contributed by atoms with Gasteiger partial charge in [0.2, 0.25) is 9.84 Å². The number of non-ortho nitro benzene ring substituents is 1. The minimum Gasteiger partial charge on any atom is -0.457 e. The molecule has 0 atom stereocenters. The van der Waals surface area contributed by atoms with Gasteiger partial charge in [0, 0.05) is 22.7 Å². The molecule has 0 unspecified atom stereocenters. The monoisotopic (exact) mass is 508 g/mol. The lowest BCUT2D eigenvalue weighted by molar-refractivity contribution is -0.384.